The van der Waals surface area contributed by atoms with Crippen LogP contribution in [-0.4, -0.2) is 54.2 Å². The highest BCUT2D eigenvalue weighted by atomic mass is 32.2. The molecule has 0 unspecified atom stereocenters. The van der Waals surface area contributed by atoms with Crippen LogP contribution >= 0.6 is 0 Å². The molecule has 0 aliphatic heterocycles. The zero-order valence-corrected chi connectivity index (χ0v) is 19.3. The van der Waals surface area contributed by atoms with E-state index in [0.717, 1.165) is 22.2 Å². The Morgan fingerprint density at radius 1 is 1.03 bits per heavy atom. The van der Waals surface area contributed by atoms with Gasteiger partial charge in [-0.05, 0) is 50.1 Å². The normalized spacial score (nSPS) is 12.0. The van der Waals surface area contributed by atoms with Gasteiger partial charge < -0.3 is 9.47 Å². The number of carbonyl (C=O) groups is 1. The third-order valence-corrected chi connectivity index (χ3v) is 7.37. The molecule has 1 aromatic heterocycles. The van der Waals surface area contributed by atoms with Crippen LogP contribution in [0.25, 0.3) is 11.0 Å². The van der Waals surface area contributed by atoms with Crippen LogP contribution in [0.5, 0.6) is 0 Å². The second kappa shape index (κ2) is 7.85. The number of hydrogen-bond acceptors (Lipinski definition) is 4. The van der Waals surface area contributed by atoms with E-state index in [1.807, 2.05) is 50.6 Å². The summed E-state index contributed by atoms with van der Waals surface area (Å²) in [4.78, 5) is 18.7. The molecule has 3 rings (SSSR count). The Balaban J connectivity index is 1.97. The van der Waals surface area contributed by atoms with Gasteiger partial charge in [-0.1, -0.05) is 17.7 Å². The topological polar surface area (TPSA) is 75.5 Å². The van der Waals surface area contributed by atoms with E-state index in [9.17, 15) is 13.2 Å². The molecular weight excluding hydrogens is 400 g/mol. The summed E-state index contributed by atoms with van der Waals surface area (Å²) in [5.41, 5.74) is 4.55. The summed E-state index contributed by atoms with van der Waals surface area (Å²) in [6.07, 6.45) is 0. The number of imidazole rings is 1. The lowest BCUT2D eigenvalue weighted by atomic mass is 10.1. The van der Waals surface area contributed by atoms with Gasteiger partial charge >= 0.3 is 0 Å². The molecule has 0 aliphatic carbocycles. The average Bonchev–Trinajstić information content (AvgIpc) is 2.94. The first-order valence-electron chi connectivity index (χ1n) is 9.64. The van der Waals surface area contributed by atoms with Crippen molar-refractivity contribution in [3.05, 3.63) is 58.4 Å². The summed E-state index contributed by atoms with van der Waals surface area (Å²) in [5, 5.41) is 0. The van der Waals surface area contributed by atoms with Gasteiger partial charge in [0.2, 0.25) is 10.0 Å². The molecule has 0 atom stereocenters. The van der Waals surface area contributed by atoms with Crippen LogP contribution in [0.15, 0.2) is 35.2 Å². The van der Waals surface area contributed by atoms with Crippen molar-refractivity contribution in [2.24, 2.45) is 7.05 Å². The summed E-state index contributed by atoms with van der Waals surface area (Å²) < 4.78 is 29.7. The molecule has 7 nitrogen and oxygen atoms in total. The van der Waals surface area contributed by atoms with Crippen LogP contribution in [0, 0.1) is 20.8 Å². The number of hydrogen-bond donors (Lipinski definition) is 0. The molecule has 2 aromatic carbocycles. The molecule has 1 heterocycles. The number of rotatable bonds is 5. The summed E-state index contributed by atoms with van der Waals surface area (Å²) in [6, 6.07) is 9.10. The number of carbonyl (C=O) groups excluding carboxylic acids is 1. The minimum Gasteiger partial charge on any atom is -0.345 e. The first-order valence-corrected chi connectivity index (χ1v) is 11.1. The number of amides is 1. The van der Waals surface area contributed by atoms with Crippen molar-refractivity contribution >= 4 is 27.0 Å². The predicted octanol–water partition coefficient (Wildman–Crippen LogP) is 3.02. The van der Waals surface area contributed by atoms with Gasteiger partial charge in [-0.15, -0.1) is 0 Å². The molecule has 0 saturated carbocycles. The molecule has 0 N–H and O–H groups in total. The molecule has 0 bridgehead atoms. The van der Waals surface area contributed by atoms with Crippen molar-refractivity contribution in [1.82, 2.24) is 18.8 Å². The standard InChI is InChI=1S/C22H28N4O3S/c1-14-10-15(2)21(16(3)11-14)30(28,29)25(6)13-20-23-18-12-17(22(27)24(4)5)8-9-19(18)26(20)7/h8-12H,13H2,1-7H3. The molecule has 0 radical (unpaired) electrons. The smallest absolute Gasteiger partial charge is 0.253 e. The highest BCUT2D eigenvalue weighted by Crippen LogP contribution is 2.26. The Morgan fingerprint density at radius 2 is 1.63 bits per heavy atom. The van der Waals surface area contributed by atoms with Gasteiger partial charge in [-0.2, -0.15) is 4.31 Å². The fraction of sp³-hybridized carbons (Fsp3) is 0.364. The average molecular weight is 429 g/mol. The van der Waals surface area contributed by atoms with E-state index < -0.39 is 10.0 Å². The number of aryl methyl sites for hydroxylation is 4. The van der Waals surface area contributed by atoms with Crippen molar-refractivity contribution in [3.8, 4) is 0 Å². The Morgan fingerprint density at radius 3 is 2.20 bits per heavy atom. The number of nitrogens with zero attached hydrogens (tertiary/aromatic N) is 4. The van der Waals surface area contributed by atoms with Gasteiger partial charge in [-0.25, -0.2) is 13.4 Å². The Labute approximate surface area is 178 Å². The Kier molecular flexibility index (Phi) is 5.75. The maximum absolute atomic E-state index is 13.3. The minimum absolute atomic E-state index is 0.103. The van der Waals surface area contributed by atoms with Crippen LogP contribution in [0.1, 0.15) is 32.9 Å². The molecule has 1 amide bonds. The van der Waals surface area contributed by atoms with Crippen molar-refractivity contribution in [1.29, 1.82) is 0 Å². The lowest BCUT2D eigenvalue weighted by Gasteiger charge is -2.20. The minimum atomic E-state index is -3.68. The van der Waals surface area contributed by atoms with Gasteiger partial charge in [-0.3, -0.25) is 4.79 Å². The monoisotopic (exact) mass is 428 g/mol. The molecule has 0 saturated heterocycles. The molecule has 0 spiro atoms. The largest absolute Gasteiger partial charge is 0.345 e. The maximum Gasteiger partial charge on any atom is 0.253 e. The summed E-state index contributed by atoms with van der Waals surface area (Å²) >= 11 is 0. The van der Waals surface area contributed by atoms with E-state index in [0.29, 0.717) is 21.8 Å². The van der Waals surface area contributed by atoms with Gasteiger partial charge in [0.1, 0.15) is 5.82 Å². The van der Waals surface area contributed by atoms with Crippen LogP contribution in [-0.2, 0) is 23.6 Å². The summed E-state index contributed by atoms with van der Waals surface area (Å²) in [7, 11) is 3.13. The van der Waals surface area contributed by atoms with Crippen molar-refractivity contribution in [3.63, 3.8) is 0 Å². The van der Waals surface area contributed by atoms with E-state index in [-0.39, 0.29) is 12.5 Å². The van der Waals surface area contributed by atoms with Gasteiger partial charge in [0, 0.05) is 33.8 Å². The SMILES string of the molecule is Cc1cc(C)c(S(=O)(=O)N(C)Cc2nc3cc(C(=O)N(C)C)ccc3n2C)c(C)c1. The first kappa shape index (κ1) is 22.0. The zero-order valence-electron chi connectivity index (χ0n) is 18.5. The molecule has 30 heavy (non-hydrogen) atoms. The summed E-state index contributed by atoms with van der Waals surface area (Å²) in [5.74, 6) is 0.502. The van der Waals surface area contributed by atoms with Crippen LogP contribution in [0.2, 0.25) is 0 Å². The predicted molar refractivity (Wildman–Crippen MR) is 118 cm³/mol. The van der Waals surface area contributed by atoms with Gasteiger partial charge in [0.25, 0.3) is 5.91 Å². The van der Waals surface area contributed by atoms with Crippen LogP contribution < -0.4 is 0 Å². The molecular formula is C22H28N4O3S. The van der Waals surface area contributed by atoms with E-state index in [1.165, 1.54) is 9.21 Å². The third kappa shape index (κ3) is 3.85. The molecule has 0 aliphatic rings. The van der Waals surface area contributed by atoms with E-state index in [1.54, 1.807) is 33.3 Å². The fourth-order valence-corrected chi connectivity index (χ4v) is 5.32. The number of fused-ring (bicyclic) bond motifs is 1. The molecule has 8 heteroatoms. The van der Waals surface area contributed by atoms with E-state index in [2.05, 4.69) is 4.98 Å². The summed E-state index contributed by atoms with van der Waals surface area (Å²) in [6.45, 7) is 5.71. The quantitative estimate of drug-likeness (QED) is 0.626. The van der Waals surface area contributed by atoms with E-state index in [4.69, 9.17) is 0 Å². The maximum atomic E-state index is 13.3. The third-order valence-electron chi connectivity index (χ3n) is 5.26. The highest BCUT2D eigenvalue weighted by Gasteiger charge is 2.26. The van der Waals surface area contributed by atoms with Crippen molar-refractivity contribution in [2.45, 2.75) is 32.2 Å². The molecule has 3 aromatic rings. The zero-order chi connectivity index (χ0) is 22.4. The highest BCUT2D eigenvalue weighted by molar-refractivity contribution is 7.89. The lowest BCUT2D eigenvalue weighted by molar-refractivity contribution is 0.0827. The first-order chi connectivity index (χ1) is 13.9. The lowest BCUT2D eigenvalue weighted by Crippen LogP contribution is -2.29. The van der Waals surface area contributed by atoms with E-state index >= 15 is 0 Å². The fourth-order valence-electron chi connectivity index (χ4n) is 3.80. The Hall–Kier alpha value is -2.71. The second-order valence-corrected chi connectivity index (χ2v) is 9.96. The van der Waals surface area contributed by atoms with Crippen LogP contribution in [0.4, 0.5) is 0 Å². The number of benzene rings is 2. The Bertz CT molecular complexity index is 1220. The van der Waals surface area contributed by atoms with Crippen molar-refractivity contribution < 1.29 is 13.2 Å². The van der Waals surface area contributed by atoms with Crippen LogP contribution in [0.3, 0.4) is 0 Å². The molecule has 160 valence electrons. The second-order valence-electron chi connectivity index (χ2n) is 7.98. The number of sulfonamides is 1. The van der Waals surface area contributed by atoms with Gasteiger partial charge in [0.15, 0.2) is 0 Å². The van der Waals surface area contributed by atoms with Gasteiger partial charge in [0.05, 0.1) is 22.5 Å². The molecule has 0 fully saturated rings. The van der Waals surface area contributed by atoms with Crippen molar-refractivity contribution in [2.75, 3.05) is 21.1 Å². The number of aromatic nitrogens is 2.